The number of carbonyl (C=O) groups excluding carboxylic acids is 1. The van der Waals surface area contributed by atoms with E-state index in [4.69, 9.17) is 4.98 Å². The minimum absolute atomic E-state index is 0.0400. The monoisotopic (exact) mass is 453 g/mol. The first-order valence-electron chi connectivity index (χ1n) is 11.2. The molecule has 0 aliphatic heterocycles. The number of carbonyl (C=O) groups is 1. The van der Waals surface area contributed by atoms with E-state index in [2.05, 4.69) is 33.0 Å². The van der Waals surface area contributed by atoms with Crippen molar-refractivity contribution in [1.82, 2.24) is 10.3 Å². The largest absolute Gasteiger partial charge is 0.377 e. The number of nitrogens with one attached hydrogen (secondary N) is 3. The molecule has 0 unspecified atom stereocenters. The fourth-order valence-electron chi connectivity index (χ4n) is 4.32. The zero-order chi connectivity index (χ0) is 23.4. The molecule has 4 rings (SSSR count). The molecule has 3 N–H and O–H groups in total. The topological polar surface area (TPSA) is 69.3 Å². The highest BCUT2D eigenvalue weighted by atomic mass is 19.1. The number of aromatic nitrogens is 1. The van der Waals surface area contributed by atoms with Crippen molar-refractivity contribution in [1.29, 1.82) is 0 Å². The first-order chi connectivity index (χ1) is 15.9. The number of hydrogen-bond donors (Lipinski definition) is 3. The molecule has 174 valence electrons. The van der Waals surface area contributed by atoms with Crippen LogP contribution < -0.4 is 20.9 Å². The second-order valence-corrected chi connectivity index (χ2v) is 8.76. The first kappa shape index (κ1) is 22.8. The maximum Gasteiger partial charge on any atom is 0.319 e. The van der Waals surface area contributed by atoms with Crippen LogP contribution in [-0.2, 0) is 0 Å². The summed E-state index contributed by atoms with van der Waals surface area (Å²) in [7, 11) is 4.06. The number of fused-ring (bicyclic) bond motifs is 1. The van der Waals surface area contributed by atoms with Crippen molar-refractivity contribution in [3.8, 4) is 0 Å². The fourth-order valence-corrected chi connectivity index (χ4v) is 4.32. The fraction of sp³-hybridized carbons (Fsp3) is 0.360. The summed E-state index contributed by atoms with van der Waals surface area (Å²) in [5.41, 5.74) is 2.05. The molecular weight excluding hydrogens is 424 g/mol. The zero-order valence-corrected chi connectivity index (χ0v) is 18.9. The molecule has 0 atom stereocenters. The van der Waals surface area contributed by atoms with Crippen LogP contribution in [0.2, 0.25) is 0 Å². The van der Waals surface area contributed by atoms with Crippen LogP contribution in [0.25, 0.3) is 10.9 Å². The van der Waals surface area contributed by atoms with Gasteiger partial charge in [0.05, 0.1) is 11.2 Å². The molecule has 3 aromatic rings. The Labute approximate surface area is 192 Å². The van der Waals surface area contributed by atoms with Gasteiger partial charge in [-0.15, -0.1) is 0 Å². The first-order valence-corrected chi connectivity index (χ1v) is 11.2. The number of rotatable bonds is 6. The van der Waals surface area contributed by atoms with Crippen LogP contribution in [0.4, 0.5) is 30.8 Å². The summed E-state index contributed by atoms with van der Waals surface area (Å²) in [6, 6.07) is 13.1. The van der Waals surface area contributed by atoms with Crippen molar-refractivity contribution in [3.05, 3.63) is 60.2 Å². The van der Waals surface area contributed by atoms with Crippen LogP contribution in [-0.4, -0.2) is 37.7 Å². The molecule has 0 bridgehead atoms. The summed E-state index contributed by atoms with van der Waals surface area (Å²) in [5, 5.41) is 9.94. The summed E-state index contributed by atoms with van der Waals surface area (Å²) >= 11 is 0. The summed E-state index contributed by atoms with van der Waals surface area (Å²) < 4.78 is 26.7. The van der Waals surface area contributed by atoms with Crippen molar-refractivity contribution in [2.24, 2.45) is 5.92 Å². The predicted octanol–water partition coefficient (Wildman–Crippen LogP) is 5.37. The van der Waals surface area contributed by atoms with Gasteiger partial charge in [0.2, 0.25) is 0 Å². The minimum Gasteiger partial charge on any atom is -0.377 e. The van der Waals surface area contributed by atoms with Gasteiger partial charge in [-0.05, 0) is 49.8 Å². The Balaban J connectivity index is 1.27. The van der Waals surface area contributed by atoms with E-state index in [1.807, 2.05) is 32.3 Å². The lowest BCUT2D eigenvalue weighted by atomic mass is 9.86. The van der Waals surface area contributed by atoms with Gasteiger partial charge < -0.3 is 20.9 Å². The maximum atomic E-state index is 13.7. The molecule has 1 heterocycles. The molecular formula is C25H29F2N5O. The van der Waals surface area contributed by atoms with Crippen molar-refractivity contribution >= 4 is 34.1 Å². The lowest BCUT2D eigenvalue weighted by molar-refractivity contribution is 0.246. The molecule has 2 amide bonds. The molecule has 1 aromatic heterocycles. The van der Waals surface area contributed by atoms with E-state index in [-0.39, 0.29) is 5.69 Å². The van der Waals surface area contributed by atoms with Crippen LogP contribution in [0.15, 0.2) is 48.5 Å². The predicted molar refractivity (Wildman–Crippen MR) is 129 cm³/mol. The van der Waals surface area contributed by atoms with E-state index in [0.717, 1.165) is 60.2 Å². The van der Waals surface area contributed by atoms with Crippen LogP contribution in [0.5, 0.6) is 0 Å². The maximum absolute atomic E-state index is 13.7. The Bertz CT molecular complexity index is 1130. The molecule has 8 heteroatoms. The Hall–Kier alpha value is -3.42. The van der Waals surface area contributed by atoms with E-state index >= 15 is 0 Å². The van der Waals surface area contributed by atoms with Gasteiger partial charge >= 0.3 is 6.03 Å². The molecule has 1 aliphatic rings. The highest BCUT2D eigenvalue weighted by molar-refractivity contribution is 5.93. The van der Waals surface area contributed by atoms with Crippen molar-refractivity contribution in [2.45, 2.75) is 31.7 Å². The SMILES string of the molecule is CN(C)c1cc(N[C@H]2CC[C@@H](CNC(=O)Nc3ccc(F)cc3F)CC2)nc2ccccc12. The number of halogens is 2. The van der Waals surface area contributed by atoms with E-state index in [0.29, 0.717) is 18.5 Å². The van der Waals surface area contributed by atoms with Crippen molar-refractivity contribution < 1.29 is 13.6 Å². The third-order valence-corrected chi connectivity index (χ3v) is 6.11. The van der Waals surface area contributed by atoms with E-state index in [9.17, 15) is 13.6 Å². The number of benzene rings is 2. The standard InChI is InChI=1S/C25H29F2N5O/c1-32(2)23-14-24(30-21-6-4-3-5-19(21)23)29-18-10-7-16(8-11-18)15-28-25(33)31-22-12-9-17(26)13-20(22)27/h3-6,9,12-14,16,18H,7-8,10-11,15H2,1-2H3,(H,29,30)(H2,28,31,33)/t16-,18+. The van der Waals surface area contributed by atoms with E-state index < -0.39 is 17.7 Å². The number of pyridine rings is 1. The number of hydrogen-bond acceptors (Lipinski definition) is 4. The van der Waals surface area contributed by atoms with Gasteiger partial charge in [0.25, 0.3) is 0 Å². The van der Waals surface area contributed by atoms with Gasteiger partial charge in [-0.2, -0.15) is 0 Å². The minimum atomic E-state index is -0.795. The highest BCUT2D eigenvalue weighted by Crippen LogP contribution is 2.30. The Morgan fingerprint density at radius 3 is 2.55 bits per heavy atom. The van der Waals surface area contributed by atoms with Gasteiger partial charge in [0, 0.05) is 49.9 Å². The van der Waals surface area contributed by atoms with E-state index in [1.165, 1.54) is 6.07 Å². The summed E-state index contributed by atoms with van der Waals surface area (Å²) in [6.07, 6.45) is 3.90. The zero-order valence-electron chi connectivity index (χ0n) is 18.9. The number of nitrogens with zero attached hydrogens (tertiary/aromatic N) is 2. The number of urea groups is 1. The lowest BCUT2D eigenvalue weighted by Crippen LogP contribution is -2.36. The van der Waals surface area contributed by atoms with Crippen molar-refractivity contribution in [2.75, 3.05) is 36.2 Å². The van der Waals surface area contributed by atoms with Gasteiger partial charge in [0.15, 0.2) is 0 Å². The van der Waals surface area contributed by atoms with E-state index in [1.54, 1.807) is 0 Å². The molecule has 6 nitrogen and oxygen atoms in total. The van der Waals surface area contributed by atoms with Crippen LogP contribution in [0.3, 0.4) is 0 Å². The molecule has 1 aliphatic carbocycles. The molecule has 1 fully saturated rings. The van der Waals surface area contributed by atoms with Crippen molar-refractivity contribution in [3.63, 3.8) is 0 Å². The van der Waals surface area contributed by atoms with Crippen LogP contribution in [0.1, 0.15) is 25.7 Å². The summed E-state index contributed by atoms with van der Waals surface area (Å²) in [4.78, 5) is 19.0. The lowest BCUT2D eigenvalue weighted by Gasteiger charge is -2.30. The summed E-state index contributed by atoms with van der Waals surface area (Å²) in [5.74, 6) is -0.245. The molecule has 0 spiro atoms. The highest BCUT2D eigenvalue weighted by Gasteiger charge is 2.22. The second kappa shape index (κ2) is 10.0. The van der Waals surface area contributed by atoms with Gasteiger partial charge in [-0.1, -0.05) is 18.2 Å². The molecule has 33 heavy (non-hydrogen) atoms. The quantitative estimate of drug-likeness (QED) is 0.469. The smallest absolute Gasteiger partial charge is 0.319 e. The number of para-hydroxylation sites is 1. The third kappa shape index (κ3) is 5.69. The molecule has 1 saturated carbocycles. The van der Waals surface area contributed by atoms with Gasteiger partial charge in [-0.25, -0.2) is 18.6 Å². The average molecular weight is 454 g/mol. The van der Waals surface area contributed by atoms with Gasteiger partial charge in [-0.3, -0.25) is 0 Å². The van der Waals surface area contributed by atoms with Gasteiger partial charge in [0.1, 0.15) is 17.5 Å². The normalized spacial score (nSPS) is 18.1. The number of amides is 2. The molecule has 0 saturated heterocycles. The third-order valence-electron chi connectivity index (χ3n) is 6.11. The second-order valence-electron chi connectivity index (χ2n) is 8.76. The average Bonchev–Trinajstić information content (AvgIpc) is 2.80. The molecule has 2 aromatic carbocycles. The summed E-state index contributed by atoms with van der Waals surface area (Å²) in [6.45, 7) is 0.514. The molecule has 0 radical (unpaired) electrons. The number of anilines is 3. The Morgan fingerprint density at radius 1 is 1.06 bits per heavy atom. The Morgan fingerprint density at radius 2 is 1.82 bits per heavy atom. The Kier molecular flexibility index (Phi) is 6.91. The van der Waals surface area contributed by atoms with Crippen LogP contribution in [0, 0.1) is 17.6 Å². The van der Waals surface area contributed by atoms with Crippen LogP contribution >= 0.6 is 0 Å².